The summed E-state index contributed by atoms with van der Waals surface area (Å²) in [4.78, 5) is 4.17. The SMILES string of the molecule is COc1ccc(OCc2cncc(C)c2)c(CC(C)N)c1. The molecule has 2 N–H and O–H groups in total. The number of aromatic nitrogens is 1. The molecular formula is C17H22N2O2. The highest BCUT2D eigenvalue weighted by atomic mass is 16.5. The summed E-state index contributed by atoms with van der Waals surface area (Å²) in [6.07, 6.45) is 4.40. The van der Waals surface area contributed by atoms with E-state index in [1.807, 2.05) is 44.4 Å². The maximum absolute atomic E-state index is 5.93. The molecule has 1 atom stereocenters. The van der Waals surface area contributed by atoms with E-state index in [-0.39, 0.29) is 6.04 Å². The first-order valence-electron chi connectivity index (χ1n) is 7.04. The highest BCUT2D eigenvalue weighted by Crippen LogP contribution is 2.26. The Balaban J connectivity index is 2.14. The first-order valence-corrected chi connectivity index (χ1v) is 7.04. The van der Waals surface area contributed by atoms with Crippen LogP contribution in [-0.2, 0) is 13.0 Å². The van der Waals surface area contributed by atoms with Crippen molar-refractivity contribution in [3.8, 4) is 11.5 Å². The van der Waals surface area contributed by atoms with Crippen molar-refractivity contribution in [3.63, 3.8) is 0 Å². The van der Waals surface area contributed by atoms with Crippen LogP contribution in [0.5, 0.6) is 11.5 Å². The zero-order valence-electron chi connectivity index (χ0n) is 12.8. The maximum atomic E-state index is 5.93. The molecule has 0 aliphatic carbocycles. The molecule has 0 radical (unpaired) electrons. The molecule has 0 bridgehead atoms. The number of hydrogen-bond acceptors (Lipinski definition) is 4. The first-order chi connectivity index (χ1) is 10.1. The molecule has 1 aromatic heterocycles. The second-order valence-electron chi connectivity index (χ2n) is 5.31. The van der Waals surface area contributed by atoms with Crippen LogP contribution in [0, 0.1) is 6.92 Å². The summed E-state index contributed by atoms with van der Waals surface area (Å²) in [5, 5.41) is 0. The van der Waals surface area contributed by atoms with Crippen LogP contribution < -0.4 is 15.2 Å². The molecule has 0 amide bonds. The number of nitrogens with zero attached hydrogens (tertiary/aromatic N) is 1. The number of nitrogens with two attached hydrogens (primary N) is 1. The largest absolute Gasteiger partial charge is 0.497 e. The van der Waals surface area contributed by atoms with Crippen LogP contribution in [0.3, 0.4) is 0 Å². The molecule has 0 spiro atoms. The topological polar surface area (TPSA) is 57.4 Å². The standard InChI is InChI=1S/C17H22N2O2/c1-12-6-14(10-19-9-12)11-21-17-5-4-16(20-3)8-15(17)7-13(2)18/h4-6,8-10,13H,7,11,18H2,1-3H3. The molecule has 4 nitrogen and oxygen atoms in total. The Bertz CT molecular complexity index is 597. The van der Waals surface area contributed by atoms with Gasteiger partial charge in [-0.25, -0.2) is 0 Å². The summed E-state index contributed by atoms with van der Waals surface area (Å²) < 4.78 is 11.2. The Morgan fingerprint density at radius 2 is 2.05 bits per heavy atom. The lowest BCUT2D eigenvalue weighted by atomic mass is 10.1. The van der Waals surface area contributed by atoms with Crippen LogP contribution in [0.15, 0.2) is 36.7 Å². The van der Waals surface area contributed by atoms with Gasteiger partial charge in [0.25, 0.3) is 0 Å². The number of benzene rings is 1. The summed E-state index contributed by atoms with van der Waals surface area (Å²) in [5.74, 6) is 1.66. The van der Waals surface area contributed by atoms with Gasteiger partial charge < -0.3 is 15.2 Å². The van der Waals surface area contributed by atoms with Crippen LogP contribution in [0.4, 0.5) is 0 Å². The molecule has 0 aliphatic heterocycles. The second kappa shape index (κ2) is 7.09. The molecule has 1 aromatic carbocycles. The van der Waals surface area contributed by atoms with Gasteiger partial charge in [-0.1, -0.05) is 0 Å². The van der Waals surface area contributed by atoms with E-state index in [0.717, 1.165) is 34.6 Å². The number of hydrogen-bond donors (Lipinski definition) is 1. The number of pyridine rings is 1. The fraction of sp³-hybridized carbons (Fsp3) is 0.353. The maximum Gasteiger partial charge on any atom is 0.123 e. The van der Waals surface area contributed by atoms with E-state index < -0.39 is 0 Å². The summed E-state index contributed by atoms with van der Waals surface area (Å²) in [5.41, 5.74) is 9.15. The molecule has 0 aliphatic rings. The number of rotatable bonds is 6. The lowest BCUT2D eigenvalue weighted by Gasteiger charge is -2.14. The smallest absolute Gasteiger partial charge is 0.123 e. The minimum Gasteiger partial charge on any atom is -0.497 e. The van der Waals surface area contributed by atoms with E-state index in [1.165, 1.54) is 0 Å². The lowest BCUT2D eigenvalue weighted by Crippen LogP contribution is -2.18. The Kier molecular flexibility index (Phi) is 5.17. The van der Waals surface area contributed by atoms with Crippen molar-refractivity contribution in [1.29, 1.82) is 0 Å². The summed E-state index contributed by atoms with van der Waals surface area (Å²) in [6, 6.07) is 7.95. The Morgan fingerprint density at radius 3 is 2.71 bits per heavy atom. The van der Waals surface area contributed by atoms with Gasteiger partial charge >= 0.3 is 0 Å². The monoisotopic (exact) mass is 286 g/mol. The second-order valence-corrected chi connectivity index (χ2v) is 5.31. The van der Waals surface area contributed by atoms with Crippen molar-refractivity contribution in [2.75, 3.05) is 7.11 Å². The molecule has 21 heavy (non-hydrogen) atoms. The summed E-state index contributed by atoms with van der Waals surface area (Å²) >= 11 is 0. The molecule has 2 aromatic rings. The highest BCUT2D eigenvalue weighted by Gasteiger charge is 2.08. The van der Waals surface area contributed by atoms with E-state index in [9.17, 15) is 0 Å². The summed E-state index contributed by atoms with van der Waals surface area (Å²) in [6.45, 7) is 4.49. The van der Waals surface area contributed by atoms with E-state index in [1.54, 1.807) is 7.11 Å². The average Bonchev–Trinajstić information content (AvgIpc) is 2.45. The molecule has 4 heteroatoms. The Labute approximate surface area is 125 Å². The van der Waals surface area contributed by atoms with Gasteiger partial charge in [-0.2, -0.15) is 0 Å². The third kappa shape index (κ3) is 4.46. The van der Waals surface area contributed by atoms with Crippen molar-refractivity contribution >= 4 is 0 Å². The first kappa shape index (κ1) is 15.3. The van der Waals surface area contributed by atoms with Crippen molar-refractivity contribution in [1.82, 2.24) is 4.98 Å². The van der Waals surface area contributed by atoms with Crippen molar-refractivity contribution < 1.29 is 9.47 Å². The molecule has 0 saturated heterocycles. The normalized spacial score (nSPS) is 12.0. The van der Waals surface area contributed by atoms with Crippen LogP contribution in [0.1, 0.15) is 23.6 Å². The van der Waals surface area contributed by atoms with E-state index in [0.29, 0.717) is 6.61 Å². The van der Waals surface area contributed by atoms with Gasteiger partial charge in [-0.3, -0.25) is 4.98 Å². The third-order valence-electron chi connectivity index (χ3n) is 3.14. The lowest BCUT2D eigenvalue weighted by molar-refractivity contribution is 0.301. The summed E-state index contributed by atoms with van der Waals surface area (Å²) in [7, 11) is 1.66. The van der Waals surface area contributed by atoms with Crippen LogP contribution in [0.25, 0.3) is 0 Å². The number of ether oxygens (including phenoxy) is 2. The molecule has 1 unspecified atom stereocenters. The minimum atomic E-state index is 0.0695. The number of methoxy groups -OCH3 is 1. The molecular weight excluding hydrogens is 264 g/mol. The van der Waals surface area contributed by atoms with Gasteiger partial charge in [-0.15, -0.1) is 0 Å². The van der Waals surface area contributed by atoms with Crippen LogP contribution >= 0.6 is 0 Å². The molecule has 0 saturated carbocycles. The van der Waals surface area contributed by atoms with E-state index in [2.05, 4.69) is 11.1 Å². The van der Waals surface area contributed by atoms with Gasteiger partial charge in [0.1, 0.15) is 18.1 Å². The van der Waals surface area contributed by atoms with Crippen LogP contribution in [-0.4, -0.2) is 18.1 Å². The number of aryl methyl sites for hydroxylation is 1. The Morgan fingerprint density at radius 1 is 1.24 bits per heavy atom. The van der Waals surface area contributed by atoms with Gasteiger partial charge in [0.15, 0.2) is 0 Å². The molecule has 1 heterocycles. The quantitative estimate of drug-likeness (QED) is 0.887. The van der Waals surface area contributed by atoms with Crippen LogP contribution in [0.2, 0.25) is 0 Å². The van der Waals surface area contributed by atoms with Crippen molar-refractivity contribution in [3.05, 3.63) is 53.3 Å². The van der Waals surface area contributed by atoms with Gasteiger partial charge in [0.05, 0.1) is 7.11 Å². The minimum absolute atomic E-state index is 0.0695. The predicted octanol–water partition coefficient (Wildman–Crippen LogP) is 2.87. The third-order valence-corrected chi connectivity index (χ3v) is 3.14. The van der Waals surface area contributed by atoms with Gasteiger partial charge in [0.2, 0.25) is 0 Å². The zero-order valence-corrected chi connectivity index (χ0v) is 12.8. The fourth-order valence-electron chi connectivity index (χ4n) is 2.19. The average molecular weight is 286 g/mol. The zero-order chi connectivity index (χ0) is 15.2. The highest BCUT2D eigenvalue weighted by molar-refractivity contribution is 5.41. The molecule has 2 rings (SSSR count). The molecule has 112 valence electrons. The fourth-order valence-corrected chi connectivity index (χ4v) is 2.19. The Hall–Kier alpha value is -2.07. The van der Waals surface area contributed by atoms with Gasteiger partial charge in [-0.05, 0) is 55.7 Å². The van der Waals surface area contributed by atoms with Crippen molar-refractivity contribution in [2.24, 2.45) is 5.73 Å². The molecule has 0 fully saturated rings. The van der Waals surface area contributed by atoms with Gasteiger partial charge in [0, 0.05) is 24.0 Å². The van der Waals surface area contributed by atoms with E-state index in [4.69, 9.17) is 15.2 Å². The van der Waals surface area contributed by atoms with Crippen molar-refractivity contribution in [2.45, 2.75) is 32.9 Å². The van der Waals surface area contributed by atoms with E-state index >= 15 is 0 Å². The predicted molar refractivity (Wildman–Crippen MR) is 83.7 cm³/mol.